The van der Waals surface area contributed by atoms with E-state index in [4.69, 9.17) is 19.3 Å². The molecule has 2 aromatic heterocycles. The largest absolute Gasteiger partial charge is 0.494 e. The van der Waals surface area contributed by atoms with Crippen LogP contribution in [-0.2, 0) is 4.79 Å². The Morgan fingerprint density at radius 2 is 1.90 bits per heavy atom. The second-order valence-corrected chi connectivity index (χ2v) is 9.68. The van der Waals surface area contributed by atoms with E-state index in [1.165, 1.54) is 19.3 Å². The minimum Gasteiger partial charge on any atom is -0.494 e. The van der Waals surface area contributed by atoms with Crippen molar-refractivity contribution in [3.8, 4) is 34.3 Å². The van der Waals surface area contributed by atoms with E-state index in [9.17, 15) is 9.18 Å². The van der Waals surface area contributed by atoms with Crippen molar-refractivity contribution < 1.29 is 23.4 Å². The van der Waals surface area contributed by atoms with Crippen LogP contribution >= 0.6 is 0 Å². The van der Waals surface area contributed by atoms with E-state index in [0.717, 1.165) is 35.0 Å². The second kappa shape index (κ2) is 11.1. The third-order valence-electron chi connectivity index (χ3n) is 6.67. The Hall–Kier alpha value is -4.40. The van der Waals surface area contributed by atoms with Crippen molar-refractivity contribution in [1.82, 2.24) is 19.7 Å². The summed E-state index contributed by atoms with van der Waals surface area (Å²) in [6, 6.07) is 12.0. The maximum Gasteiger partial charge on any atom is 0.246 e. The fourth-order valence-corrected chi connectivity index (χ4v) is 4.89. The van der Waals surface area contributed by atoms with Crippen molar-refractivity contribution in [1.29, 1.82) is 0 Å². The van der Waals surface area contributed by atoms with E-state index in [1.807, 2.05) is 35.6 Å². The van der Waals surface area contributed by atoms with Crippen LogP contribution in [0.2, 0.25) is 0 Å². The van der Waals surface area contributed by atoms with Crippen LogP contribution in [0.5, 0.6) is 23.0 Å². The number of carbonyl (C=O) groups excluding carboxylic acids is 1. The molecule has 0 saturated carbocycles. The van der Waals surface area contributed by atoms with Crippen LogP contribution in [0.1, 0.15) is 32.7 Å². The van der Waals surface area contributed by atoms with Gasteiger partial charge in [-0.15, -0.1) is 0 Å². The van der Waals surface area contributed by atoms with E-state index in [2.05, 4.69) is 11.6 Å². The average molecular weight is 531 g/mol. The van der Waals surface area contributed by atoms with Crippen LogP contribution in [0.3, 0.4) is 0 Å². The molecule has 0 N–H and O–H groups in total. The number of piperidine rings is 1. The Labute approximate surface area is 226 Å². The highest BCUT2D eigenvalue weighted by atomic mass is 19.1. The number of nitrogens with zero attached hydrogens (tertiary/aromatic N) is 4. The Kier molecular flexibility index (Phi) is 7.49. The van der Waals surface area contributed by atoms with Gasteiger partial charge >= 0.3 is 0 Å². The van der Waals surface area contributed by atoms with Gasteiger partial charge < -0.3 is 19.1 Å². The van der Waals surface area contributed by atoms with E-state index in [0.29, 0.717) is 24.6 Å². The number of methoxy groups -OCH3 is 1. The van der Waals surface area contributed by atoms with E-state index < -0.39 is 5.82 Å². The van der Waals surface area contributed by atoms with Gasteiger partial charge in [0.15, 0.2) is 17.2 Å². The molecule has 2 aromatic carbocycles. The van der Waals surface area contributed by atoms with Crippen LogP contribution in [0, 0.1) is 5.82 Å². The molecule has 1 aliphatic rings. The molecule has 3 heterocycles. The van der Waals surface area contributed by atoms with Crippen molar-refractivity contribution in [3.63, 3.8) is 0 Å². The van der Waals surface area contributed by atoms with Gasteiger partial charge in [0.2, 0.25) is 11.7 Å². The molecule has 8 nitrogen and oxygen atoms in total. The molecule has 1 aliphatic heterocycles. The molecule has 1 amide bonds. The number of hydrogen-bond acceptors (Lipinski definition) is 6. The Morgan fingerprint density at radius 3 is 2.62 bits per heavy atom. The van der Waals surface area contributed by atoms with Crippen molar-refractivity contribution >= 4 is 16.8 Å². The second-order valence-electron chi connectivity index (χ2n) is 9.68. The van der Waals surface area contributed by atoms with Crippen molar-refractivity contribution in [2.75, 3.05) is 20.2 Å². The fraction of sp³-hybridized carbons (Fsp3) is 0.300. The zero-order valence-corrected chi connectivity index (χ0v) is 22.3. The van der Waals surface area contributed by atoms with Crippen LogP contribution in [-0.4, -0.2) is 51.9 Å². The van der Waals surface area contributed by atoms with E-state index in [-0.39, 0.29) is 29.6 Å². The van der Waals surface area contributed by atoms with Crippen LogP contribution < -0.4 is 14.2 Å². The molecular formula is C30H31FN4O4. The van der Waals surface area contributed by atoms with Gasteiger partial charge in [0.1, 0.15) is 17.0 Å². The number of likely N-dealkylation sites (tertiary alicyclic amines) is 1. The molecule has 39 heavy (non-hydrogen) atoms. The summed E-state index contributed by atoms with van der Waals surface area (Å²) in [6.07, 6.45) is 6.53. The molecule has 1 saturated heterocycles. The smallest absolute Gasteiger partial charge is 0.246 e. The number of pyridine rings is 1. The Morgan fingerprint density at radius 1 is 1.13 bits per heavy atom. The first kappa shape index (κ1) is 26.2. The molecule has 4 aromatic rings. The number of halogens is 1. The predicted molar refractivity (Wildman–Crippen MR) is 147 cm³/mol. The summed E-state index contributed by atoms with van der Waals surface area (Å²) in [5, 5.41) is 5.88. The first-order chi connectivity index (χ1) is 18.9. The molecule has 0 spiro atoms. The molecule has 1 fully saturated rings. The quantitative estimate of drug-likeness (QED) is 0.253. The highest BCUT2D eigenvalue weighted by Gasteiger charge is 2.28. The summed E-state index contributed by atoms with van der Waals surface area (Å²) in [5.74, 6) is 0.662. The Bertz CT molecular complexity index is 1500. The van der Waals surface area contributed by atoms with E-state index in [1.54, 1.807) is 36.7 Å². The summed E-state index contributed by atoms with van der Waals surface area (Å²) >= 11 is 0. The standard InChI is InChI=1S/C30H31FN4O4/c1-5-27(36)34-15-7-8-21(18-34)35-30-23(16-32-17-26(30)38-19(2)3)29(33-35)20-11-13-22(14-12-20)39-25-10-6-9-24(37-4)28(25)31/h5-6,9-14,16-17,19,21H,1,7-8,15,18H2,2-4H3/t21-/m1/s1. The van der Waals surface area contributed by atoms with Gasteiger partial charge in [-0.2, -0.15) is 9.49 Å². The number of benzene rings is 2. The van der Waals surface area contributed by atoms with E-state index >= 15 is 0 Å². The number of ether oxygens (including phenoxy) is 3. The number of amides is 1. The molecule has 5 rings (SSSR count). The highest BCUT2D eigenvalue weighted by Crippen LogP contribution is 2.38. The summed E-state index contributed by atoms with van der Waals surface area (Å²) in [4.78, 5) is 18.6. The lowest BCUT2D eigenvalue weighted by atomic mass is 10.1. The van der Waals surface area contributed by atoms with Gasteiger partial charge in [-0.25, -0.2) is 0 Å². The third kappa shape index (κ3) is 5.30. The number of rotatable bonds is 8. The molecule has 9 heteroatoms. The van der Waals surface area contributed by atoms with Gasteiger partial charge in [0.05, 0.1) is 30.8 Å². The molecule has 202 valence electrons. The number of fused-ring (bicyclic) bond motifs is 1. The van der Waals surface area contributed by atoms with Gasteiger partial charge in [-0.3, -0.25) is 14.5 Å². The molecule has 0 radical (unpaired) electrons. The maximum atomic E-state index is 14.6. The van der Waals surface area contributed by atoms with Crippen LogP contribution in [0.25, 0.3) is 22.2 Å². The molecule has 0 bridgehead atoms. The maximum absolute atomic E-state index is 14.6. The molecule has 0 aliphatic carbocycles. The average Bonchev–Trinajstić information content (AvgIpc) is 3.35. The monoisotopic (exact) mass is 530 g/mol. The summed E-state index contributed by atoms with van der Waals surface area (Å²) in [7, 11) is 1.41. The van der Waals surface area contributed by atoms with Crippen molar-refractivity contribution in [2.45, 2.75) is 38.8 Å². The topological polar surface area (TPSA) is 78.7 Å². The lowest BCUT2D eigenvalue weighted by Crippen LogP contribution is -2.40. The number of hydrogen-bond donors (Lipinski definition) is 0. The zero-order chi connectivity index (χ0) is 27.5. The van der Waals surface area contributed by atoms with Gasteiger partial charge in [0.25, 0.3) is 0 Å². The molecule has 0 unspecified atom stereocenters. The first-order valence-corrected chi connectivity index (χ1v) is 12.9. The van der Waals surface area contributed by atoms with Gasteiger partial charge in [-0.1, -0.05) is 12.6 Å². The lowest BCUT2D eigenvalue weighted by Gasteiger charge is -2.32. The summed E-state index contributed by atoms with van der Waals surface area (Å²) in [6.45, 7) is 8.80. The fourth-order valence-electron chi connectivity index (χ4n) is 4.89. The summed E-state index contributed by atoms with van der Waals surface area (Å²) < 4.78 is 33.5. The van der Waals surface area contributed by atoms with Crippen LogP contribution in [0.4, 0.5) is 4.39 Å². The van der Waals surface area contributed by atoms with Gasteiger partial charge in [-0.05, 0) is 69.2 Å². The zero-order valence-electron chi connectivity index (χ0n) is 22.3. The highest BCUT2D eigenvalue weighted by molar-refractivity contribution is 5.96. The predicted octanol–water partition coefficient (Wildman–Crippen LogP) is 6.18. The van der Waals surface area contributed by atoms with Crippen LogP contribution in [0.15, 0.2) is 67.5 Å². The lowest BCUT2D eigenvalue weighted by molar-refractivity contribution is -0.127. The summed E-state index contributed by atoms with van der Waals surface area (Å²) in [5.41, 5.74) is 2.42. The number of carbonyl (C=O) groups is 1. The van der Waals surface area contributed by atoms with Crippen molar-refractivity contribution in [2.24, 2.45) is 0 Å². The minimum atomic E-state index is -0.561. The third-order valence-corrected chi connectivity index (χ3v) is 6.67. The molecular weight excluding hydrogens is 499 g/mol. The SMILES string of the molecule is C=CC(=O)N1CCC[C@@H](n2nc(-c3ccc(Oc4cccc(OC)c4F)cc3)c3cncc(OC(C)C)c32)C1. The first-order valence-electron chi connectivity index (χ1n) is 12.9. The van der Waals surface area contributed by atoms with Gasteiger partial charge in [0, 0.05) is 24.8 Å². The van der Waals surface area contributed by atoms with Crippen molar-refractivity contribution in [3.05, 3.63) is 73.3 Å². The Balaban J connectivity index is 1.53. The molecule has 1 atom stereocenters. The minimum absolute atomic E-state index is 0.0329. The normalized spacial score (nSPS) is 15.4. The number of aromatic nitrogens is 3.